The van der Waals surface area contributed by atoms with Crippen molar-refractivity contribution in [1.29, 1.82) is 0 Å². The molecule has 1 atom stereocenters. The molecule has 304 valence electrons. The quantitative estimate of drug-likeness (QED) is 0.114. The highest BCUT2D eigenvalue weighted by molar-refractivity contribution is 6.30. The third-order valence-electron chi connectivity index (χ3n) is 8.40. The largest absolute Gasteiger partial charge is 0.497 e. The summed E-state index contributed by atoms with van der Waals surface area (Å²) in [5.74, 6) is 0.633. The van der Waals surface area contributed by atoms with Crippen LogP contribution in [0.2, 0.25) is 10.0 Å². The van der Waals surface area contributed by atoms with E-state index in [2.05, 4.69) is 20.0 Å². The van der Waals surface area contributed by atoms with Crippen molar-refractivity contribution >= 4 is 47.2 Å². The summed E-state index contributed by atoms with van der Waals surface area (Å²) in [5, 5.41) is 8.79. The average Bonchev–Trinajstić information content (AvgIpc) is 3.58. The molecule has 0 aliphatic heterocycles. The molecule has 5 aromatic rings. The number of hydrogen-bond donors (Lipinski definition) is 1. The van der Waals surface area contributed by atoms with Crippen molar-refractivity contribution in [3.05, 3.63) is 115 Å². The minimum atomic E-state index is -0.730. The number of benzene rings is 2. The summed E-state index contributed by atoms with van der Waals surface area (Å²) in [6.45, 7) is 12.2. The zero-order valence-electron chi connectivity index (χ0n) is 33.8. The van der Waals surface area contributed by atoms with Crippen LogP contribution < -0.4 is 25.2 Å². The van der Waals surface area contributed by atoms with Gasteiger partial charge in [0.2, 0.25) is 11.8 Å². The first-order valence-corrected chi connectivity index (χ1v) is 18.8. The van der Waals surface area contributed by atoms with E-state index in [1.54, 1.807) is 64.1 Å². The lowest BCUT2D eigenvalue weighted by Gasteiger charge is -2.25. The minimum absolute atomic E-state index is 0.00656. The zero-order valence-corrected chi connectivity index (χ0v) is 35.3. The van der Waals surface area contributed by atoms with Gasteiger partial charge in [0.1, 0.15) is 27.8 Å². The van der Waals surface area contributed by atoms with Crippen LogP contribution in [0.25, 0.3) is 5.69 Å². The van der Waals surface area contributed by atoms with Crippen molar-refractivity contribution in [2.24, 2.45) is 0 Å². The molecule has 57 heavy (non-hydrogen) atoms. The van der Waals surface area contributed by atoms with Crippen LogP contribution in [0, 0.1) is 0 Å². The first kappa shape index (κ1) is 44.3. The first-order chi connectivity index (χ1) is 27.0. The number of anilines is 2. The number of carbonyl (C=O) groups is 2. The van der Waals surface area contributed by atoms with E-state index in [0.717, 1.165) is 17.7 Å². The van der Waals surface area contributed by atoms with E-state index in [0.29, 0.717) is 39.7 Å². The van der Waals surface area contributed by atoms with Crippen molar-refractivity contribution in [3.63, 3.8) is 0 Å². The van der Waals surface area contributed by atoms with Gasteiger partial charge in [0.15, 0.2) is 6.29 Å². The second-order valence-corrected chi connectivity index (χ2v) is 14.9. The van der Waals surface area contributed by atoms with E-state index in [9.17, 15) is 14.4 Å². The Morgan fingerprint density at radius 2 is 1.67 bits per heavy atom. The van der Waals surface area contributed by atoms with Crippen LogP contribution in [0.4, 0.5) is 16.4 Å². The van der Waals surface area contributed by atoms with Crippen molar-refractivity contribution < 1.29 is 28.5 Å². The van der Waals surface area contributed by atoms with Crippen LogP contribution in [0.3, 0.4) is 0 Å². The number of ether oxygens (including phenoxy) is 4. The Hall–Kier alpha value is -5.44. The molecule has 0 fully saturated rings. The Morgan fingerprint density at radius 1 is 1.02 bits per heavy atom. The Bertz CT molecular complexity index is 2200. The number of methoxy groups -OCH3 is 3. The predicted octanol–water partition coefficient (Wildman–Crippen LogP) is 8.36. The van der Waals surface area contributed by atoms with Gasteiger partial charge < -0.3 is 28.8 Å². The molecule has 0 spiro atoms. The van der Waals surface area contributed by atoms with Gasteiger partial charge in [0.25, 0.3) is 5.56 Å². The Kier molecular flexibility index (Phi) is 15.2. The standard InChI is InChI=1S/C38H41Cl2N7O6.C3H8O/c1-22(2)33-31(29(21-48)44-47(33)30-18-41-36(43-34(30)52-8)45(6)37(50)53-38(3,4)5)32(24-11-13-25(39)14-12-24)42-26-17-28(40)35(49)46(20-26)19-23-9-15-27(51-7)16-10-23;1-3-4-2/h9-18,20-22,32,42H,19H2,1-8H3;3H2,1-2H3. The summed E-state index contributed by atoms with van der Waals surface area (Å²) in [6, 6.07) is 15.4. The molecule has 0 aliphatic rings. The fourth-order valence-corrected chi connectivity index (χ4v) is 6.02. The molecule has 0 radical (unpaired) electrons. The molecule has 0 aliphatic carbocycles. The number of aldehydes is 1. The second kappa shape index (κ2) is 19.6. The summed E-state index contributed by atoms with van der Waals surface area (Å²) < 4.78 is 24.0. The van der Waals surface area contributed by atoms with Gasteiger partial charge in [-0.05, 0) is 75.1 Å². The molecule has 1 unspecified atom stereocenters. The number of rotatable bonds is 13. The van der Waals surface area contributed by atoms with Crippen molar-refractivity contribution in [1.82, 2.24) is 24.3 Å². The lowest BCUT2D eigenvalue weighted by Crippen LogP contribution is -2.35. The smallest absolute Gasteiger partial charge is 0.416 e. The molecule has 1 N–H and O–H groups in total. The van der Waals surface area contributed by atoms with Gasteiger partial charge in [-0.1, -0.05) is 61.3 Å². The third-order valence-corrected chi connectivity index (χ3v) is 8.93. The Labute approximate surface area is 342 Å². The van der Waals surface area contributed by atoms with Gasteiger partial charge in [0.05, 0.1) is 44.4 Å². The average molecular weight is 823 g/mol. The zero-order chi connectivity index (χ0) is 42.0. The number of amides is 1. The molecule has 0 saturated carbocycles. The number of carbonyl (C=O) groups excluding carboxylic acids is 2. The lowest BCUT2D eigenvalue weighted by atomic mass is 9.92. The molecule has 1 amide bonds. The summed E-state index contributed by atoms with van der Waals surface area (Å²) in [4.78, 5) is 48.9. The summed E-state index contributed by atoms with van der Waals surface area (Å²) in [5.41, 5.74) is 2.69. The van der Waals surface area contributed by atoms with Crippen molar-refractivity contribution in [2.45, 2.75) is 65.6 Å². The van der Waals surface area contributed by atoms with E-state index in [4.69, 9.17) is 42.5 Å². The van der Waals surface area contributed by atoms with Crippen LogP contribution in [0.5, 0.6) is 11.6 Å². The number of aromatic nitrogens is 5. The van der Waals surface area contributed by atoms with Gasteiger partial charge in [-0.2, -0.15) is 10.1 Å². The second-order valence-electron chi connectivity index (χ2n) is 14.0. The number of nitrogens with zero attached hydrogens (tertiary/aromatic N) is 6. The maximum Gasteiger partial charge on any atom is 0.416 e. The van der Waals surface area contributed by atoms with Crippen LogP contribution in [0.1, 0.15) is 86.4 Å². The van der Waals surface area contributed by atoms with Gasteiger partial charge in [-0.25, -0.2) is 19.4 Å². The fourth-order valence-electron chi connectivity index (χ4n) is 5.67. The monoisotopic (exact) mass is 821 g/mol. The molecule has 2 aromatic carbocycles. The number of pyridine rings is 1. The molecule has 0 saturated heterocycles. The van der Waals surface area contributed by atoms with Crippen LogP contribution in [-0.4, -0.2) is 77.3 Å². The Balaban J connectivity index is 0.00000172. The van der Waals surface area contributed by atoms with E-state index < -0.39 is 17.7 Å². The van der Waals surface area contributed by atoms with Gasteiger partial charge in [-0.3, -0.25) is 9.59 Å². The Morgan fingerprint density at radius 3 is 2.21 bits per heavy atom. The van der Waals surface area contributed by atoms with Gasteiger partial charge in [-0.15, -0.1) is 0 Å². The molecule has 16 heteroatoms. The highest BCUT2D eigenvalue weighted by Crippen LogP contribution is 2.38. The van der Waals surface area contributed by atoms with E-state index in [1.165, 1.54) is 29.8 Å². The van der Waals surface area contributed by atoms with E-state index >= 15 is 0 Å². The van der Waals surface area contributed by atoms with Crippen molar-refractivity contribution in [2.75, 3.05) is 45.2 Å². The van der Waals surface area contributed by atoms with E-state index in [-0.39, 0.29) is 40.6 Å². The summed E-state index contributed by atoms with van der Waals surface area (Å²) >= 11 is 12.8. The van der Waals surface area contributed by atoms with Crippen LogP contribution >= 0.6 is 23.2 Å². The molecule has 0 bridgehead atoms. The normalized spacial score (nSPS) is 11.7. The minimum Gasteiger partial charge on any atom is -0.497 e. The lowest BCUT2D eigenvalue weighted by molar-refractivity contribution is 0.0587. The highest BCUT2D eigenvalue weighted by Gasteiger charge is 2.31. The third kappa shape index (κ3) is 11.1. The number of hydrogen-bond acceptors (Lipinski definition) is 11. The first-order valence-electron chi connectivity index (χ1n) is 18.1. The number of halogens is 2. The molecule has 5 rings (SSSR count). The van der Waals surface area contributed by atoms with Crippen LogP contribution in [0.15, 0.2) is 71.8 Å². The predicted molar refractivity (Wildman–Crippen MR) is 222 cm³/mol. The maximum absolute atomic E-state index is 13.2. The fraction of sp³-hybridized carbons (Fsp3) is 0.366. The maximum atomic E-state index is 13.2. The molecule has 3 aromatic heterocycles. The summed E-state index contributed by atoms with van der Waals surface area (Å²) in [7, 11) is 6.20. The highest BCUT2D eigenvalue weighted by atomic mass is 35.5. The molecule has 14 nitrogen and oxygen atoms in total. The molecular formula is C41H49Cl2N7O7. The van der Waals surface area contributed by atoms with Gasteiger partial charge >= 0.3 is 6.09 Å². The van der Waals surface area contributed by atoms with Gasteiger partial charge in [0, 0.05) is 37.5 Å². The SMILES string of the molecule is CCOC.COc1ccc(Cn2cc(NC(c3ccc(Cl)cc3)c3c(C=O)nn(-c4cnc(N(C)C(=O)OC(C)(C)C)nc4OC)c3C(C)C)cc(Cl)c2=O)cc1. The van der Waals surface area contributed by atoms with Crippen LogP contribution in [-0.2, 0) is 16.0 Å². The summed E-state index contributed by atoms with van der Waals surface area (Å²) in [6.07, 6.45) is 3.18. The topological polar surface area (TPSA) is 152 Å². The van der Waals surface area contributed by atoms with Crippen molar-refractivity contribution in [3.8, 4) is 17.3 Å². The molecule has 3 heterocycles. The number of nitrogens with one attached hydrogen (secondary N) is 1. The van der Waals surface area contributed by atoms with E-state index in [1.807, 2.05) is 57.2 Å². The molecular weight excluding hydrogens is 773 g/mol.